The number of carbonyl (C=O) groups is 1. The smallest absolute Gasteiger partial charge is 0.320 e. The molecular formula is C13H24N2O2. The summed E-state index contributed by atoms with van der Waals surface area (Å²) in [5, 5.41) is 9.09. The standard InChI is InChI=1S/C13H24N2O2/c1-11-4-3-7-14(10-11)13(17)15(8-9-16)12-5-2-6-12/h11-12,16H,2-10H2,1H3. The van der Waals surface area contributed by atoms with Gasteiger partial charge in [0.1, 0.15) is 0 Å². The minimum Gasteiger partial charge on any atom is -0.395 e. The molecule has 2 amide bonds. The van der Waals surface area contributed by atoms with Crippen molar-refractivity contribution in [2.45, 2.75) is 45.1 Å². The highest BCUT2D eigenvalue weighted by molar-refractivity contribution is 5.75. The SMILES string of the molecule is CC1CCCN(C(=O)N(CCO)C2CCC2)C1. The number of carbonyl (C=O) groups excluding carboxylic acids is 1. The Bertz CT molecular complexity index is 266. The predicted molar refractivity (Wildman–Crippen MR) is 66.8 cm³/mol. The van der Waals surface area contributed by atoms with Gasteiger partial charge in [-0.05, 0) is 38.0 Å². The number of hydrogen-bond acceptors (Lipinski definition) is 2. The largest absolute Gasteiger partial charge is 0.395 e. The van der Waals surface area contributed by atoms with E-state index in [9.17, 15) is 4.79 Å². The first-order chi connectivity index (χ1) is 8.22. The van der Waals surface area contributed by atoms with Gasteiger partial charge in [-0.1, -0.05) is 6.92 Å². The number of aliphatic hydroxyl groups is 1. The highest BCUT2D eigenvalue weighted by Crippen LogP contribution is 2.26. The molecule has 1 aliphatic carbocycles. The van der Waals surface area contributed by atoms with E-state index in [0.29, 0.717) is 18.5 Å². The summed E-state index contributed by atoms with van der Waals surface area (Å²) in [6.45, 7) is 4.55. The summed E-state index contributed by atoms with van der Waals surface area (Å²) in [5.41, 5.74) is 0. The minimum atomic E-state index is 0.0750. The minimum absolute atomic E-state index is 0.0750. The van der Waals surface area contributed by atoms with Crippen LogP contribution in [0.15, 0.2) is 0 Å². The summed E-state index contributed by atoms with van der Waals surface area (Å²) < 4.78 is 0. The van der Waals surface area contributed by atoms with Crippen molar-refractivity contribution in [2.24, 2.45) is 5.92 Å². The van der Waals surface area contributed by atoms with E-state index >= 15 is 0 Å². The number of piperidine rings is 1. The maximum atomic E-state index is 12.4. The number of amides is 2. The van der Waals surface area contributed by atoms with E-state index in [1.807, 2.05) is 9.80 Å². The Morgan fingerprint density at radius 1 is 1.35 bits per heavy atom. The van der Waals surface area contributed by atoms with Gasteiger partial charge in [0, 0.05) is 25.7 Å². The van der Waals surface area contributed by atoms with E-state index in [2.05, 4.69) is 6.92 Å². The average Bonchev–Trinajstić information content (AvgIpc) is 2.25. The Morgan fingerprint density at radius 2 is 2.12 bits per heavy atom. The second-order valence-corrected chi connectivity index (χ2v) is 5.48. The molecule has 1 atom stereocenters. The summed E-state index contributed by atoms with van der Waals surface area (Å²) in [5.74, 6) is 0.616. The summed E-state index contributed by atoms with van der Waals surface area (Å²) in [6.07, 6.45) is 5.78. The number of likely N-dealkylation sites (tertiary alicyclic amines) is 1. The maximum Gasteiger partial charge on any atom is 0.320 e. The van der Waals surface area contributed by atoms with Crippen LogP contribution in [0.4, 0.5) is 4.79 Å². The van der Waals surface area contributed by atoms with Gasteiger partial charge in [0.25, 0.3) is 0 Å². The number of hydrogen-bond donors (Lipinski definition) is 1. The monoisotopic (exact) mass is 240 g/mol. The van der Waals surface area contributed by atoms with Crippen LogP contribution in [0.1, 0.15) is 39.0 Å². The lowest BCUT2D eigenvalue weighted by Gasteiger charge is -2.42. The number of urea groups is 1. The summed E-state index contributed by atoms with van der Waals surface area (Å²) >= 11 is 0. The fourth-order valence-electron chi connectivity index (χ4n) is 2.79. The van der Waals surface area contributed by atoms with Gasteiger partial charge in [-0.25, -0.2) is 4.79 Å². The normalized spacial score (nSPS) is 25.5. The fraction of sp³-hybridized carbons (Fsp3) is 0.923. The van der Waals surface area contributed by atoms with Crippen molar-refractivity contribution in [3.63, 3.8) is 0 Å². The molecule has 1 saturated heterocycles. The van der Waals surface area contributed by atoms with E-state index in [1.54, 1.807) is 0 Å². The van der Waals surface area contributed by atoms with Gasteiger partial charge < -0.3 is 14.9 Å². The Kier molecular flexibility index (Phi) is 4.26. The molecule has 4 heteroatoms. The molecule has 1 heterocycles. The first kappa shape index (κ1) is 12.7. The van der Waals surface area contributed by atoms with Crippen LogP contribution in [-0.2, 0) is 0 Å². The molecule has 4 nitrogen and oxygen atoms in total. The molecule has 0 radical (unpaired) electrons. The van der Waals surface area contributed by atoms with Crippen LogP contribution in [0.5, 0.6) is 0 Å². The molecule has 0 spiro atoms. The van der Waals surface area contributed by atoms with Gasteiger partial charge >= 0.3 is 6.03 Å². The Hall–Kier alpha value is -0.770. The zero-order chi connectivity index (χ0) is 12.3. The molecular weight excluding hydrogens is 216 g/mol. The molecule has 2 rings (SSSR count). The van der Waals surface area contributed by atoms with Crippen molar-refractivity contribution in [1.82, 2.24) is 9.80 Å². The van der Waals surface area contributed by atoms with Crippen molar-refractivity contribution < 1.29 is 9.90 Å². The van der Waals surface area contributed by atoms with Crippen LogP contribution in [0, 0.1) is 5.92 Å². The molecule has 1 N–H and O–H groups in total. The first-order valence-electron chi connectivity index (χ1n) is 6.88. The Labute approximate surface area is 104 Å². The van der Waals surface area contributed by atoms with E-state index in [-0.39, 0.29) is 12.6 Å². The predicted octanol–water partition coefficient (Wildman–Crippen LogP) is 1.69. The summed E-state index contributed by atoms with van der Waals surface area (Å²) in [7, 11) is 0. The number of rotatable bonds is 3. The highest BCUT2D eigenvalue weighted by Gasteiger charge is 2.32. The molecule has 1 aliphatic heterocycles. The maximum absolute atomic E-state index is 12.4. The van der Waals surface area contributed by atoms with E-state index in [1.165, 1.54) is 12.8 Å². The van der Waals surface area contributed by atoms with Crippen molar-refractivity contribution >= 4 is 6.03 Å². The van der Waals surface area contributed by atoms with Crippen LogP contribution in [0.2, 0.25) is 0 Å². The third-order valence-electron chi connectivity index (χ3n) is 4.03. The fourth-order valence-corrected chi connectivity index (χ4v) is 2.79. The third kappa shape index (κ3) is 2.92. The van der Waals surface area contributed by atoms with Crippen LogP contribution < -0.4 is 0 Å². The van der Waals surface area contributed by atoms with Crippen LogP contribution in [-0.4, -0.2) is 53.2 Å². The third-order valence-corrected chi connectivity index (χ3v) is 4.03. The van der Waals surface area contributed by atoms with Crippen molar-refractivity contribution in [3.8, 4) is 0 Å². The molecule has 1 unspecified atom stereocenters. The molecule has 0 aromatic carbocycles. The van der Waals surface area contributed by atoms with Gasteiger partial charge in [-0.3, -0.25) is 0 Å². The molecule has 0 aromatic rings. The van der Waals surface area contributed by atoms with E-state index < -0.39 is 0 Å². The number of nitrogens with zero attached hydrogens (tertiary/aromatic N) is 2. The van der Waals surface area contributed by atoms with Crippen LogP contribution in [0.3, 0.4) is 0 Å². The molecule has 2 aliphatic rings. The van der Waals surface area contributed by atoms with Gasteiger partial charge in [-0.15, -0.1) is 0 Å². The molecule has 0 aromatic heterocycles. The van der Waals surface area contributed by atoms with E-state index in [0.717, 1.165) is 32.4 Å². The lowest BCUT2D eigenvalue weighted by molar-refractivity contribution is 0.0811. The van der Waals surface area contributed by atoms with Gasteiger partial charge in [-0.2, -0.15) is 0 Å². The topological polar surface area (TPSA) is 43.8 Å². The Balaban J connectivity index is 1.94. The lowest BCUT2D eigenvalue weighted by Crippen LogP contribution is -2.53. The highest BCUT2D eigenvalue weighted by atomic mass is 16.3. The summed E-state index contributed by atoms with van der Waals surface area (Å²) in [4.78, 5) is 16.3. The van der Waals surface area contributed by atoms with Crippen molar-refractivity contribution in [2.75, 3.05) is 26.2 Å². The first-order valence-corrected chi connectivity index (χ1v) is 6.88. The van der Waals surface area contributed by atoms with Gasteiger partial charge in [0.15, 0.2) is 0 Å². The molecule has 0 bridgehead atoms. The molecule has 17 heavy (non-hydrogen) atoms. The molecule has 98 valence electrons. The Morgan fingerprint density at radius 3 is 2.65 bits per heavy atom. The number of aliphatic hydroxyl groups excluding tert-OH is 1. The summed E-state index contributed by atoms with van der Waals surface area (Å²) in [6, 6.07) is 0.530. The average molecular weight is 240 g/mol. The van der Waals surface area contributed by atoms with Crippen LogP contribution >= 0.6 is 0 Å². The zero-order valence-corrected chi connectivity index (χ0v) is 10.8. The van der Waals surface area contributed by atoms with Crippen molar-refractivity contribution in [3.05, 3.63) is 0 Å². The lowest BCUT2D eigenvalue weighted by atomic mass is 9.91. The van der Waals surface area contributed by atoms with Gasteiger partial charge in [0.2, 0.25) is 0 Å². The van der Waals surface area contributed by atoms with Gasteiger partial charge in [0.05, 0.1) is 6.61 Å². The zero-order valence-electron chi connectivity index (χ0n) is 10.8. The van der Waals surface area contributed by atoms with E-state index in [4.69, 9.17) is 5.11 Å². The van der Waals surface area contributed by atoms with Crippen molar-refractivity contribution in [1.29, 1.82) is 0 Å². The molecule has 1 saturated carbocycles. The second kappa shape index (κ2) is 5.71. The van der Waals surface area contributed by atoms with Crippen LogP contribution in [0.25, 0.3) is 0 Å². The second-order valence-electron chi connectivity index (χ2n) is 5.48. The quantitative estimate of drug-likeness (QED) is 0.815. The molecule has 2 fully saturated rings.